The van der Waals surface area contributed by atoms with Crippen LogP contribution in [0.25, 0.3) is 0 Å². The van der Waals surface area contributed by atoms with Gasteiger partial charge < -0.3 is 5.11 Å². The summed E-state index contributed by atoms with van der Waals surface area (Å²) in [5.41, 5.74) is 0.979. The van der Waals surface area contributed by atoms with Crippen molar-refractivity contribution >= 4 is 0 Å². The molecule has 0 aliphatic heterocycles. The zero-order valence-electron chi connectivity index (χ0n) is 9.33. The lowest BCUT2D eigenvalue weighted by molar-refractivity contribution is 0.0682. The second kappa shape index (κ2) is 4.05. The van der Waals surface area contributed by atoms with Gasteiger partial charge in [-0.25, -0.2) is 9.97 Å². The molecule has 0 atom stereocenters. The number of aromatic nitrogens is 2. The van der Waals surface area contributed by atoms with Gasteiger partial charge >= 0.3 is 0 Å². The molecular weight excluding hydrogens is 176 g/mol. The van der Waals surface area contributed by atoms with E-state index in [9.17, 15) is 5.11 Å². The average molecular weight is 194 g/mol. The lowest BCUT2D eigenvalue weighted by atomic mass is 10.1. The topological polar surface area (TPSA) is 46.0 Å². The van der Waals surface area contributed by atoms with Crippen molar-refractivity contribution in [1.29, 1.82) is 0 Å². The van der Waals surface area contributed by atoms with E-state index in [2.05, 4.69) is 16.9 Å². The number of hydrogen-bond donors (Lipinski definition) is 1. The second-order valence-electron chi connectivity index (χ2n) is 4.13. The molecule has 0 unspecified atom stereocenters. The van der Waals surface area contributed by atoms with Gasteiger partial charge in [-0.05, 0) is 33.3 Å². The Labute approximate surface area is 85.2 Å². The SMILES string of the molecule is CCCc1cc(C)nc(C(C)(C)O)n1. The van der Waals surface area contributed by atoms with E-state index in [-0.39, 0.29) is 0 Å². The van der Waals surface area contributed by atoms with Crippen LogP contribution >= 0.6 is 0 Å². The molecule has 3 heteroatoms. The van der Waals surface area contributed by atoms with Crippen molar-refractivity contribution in [2.45, 2.75) is 46.1 Å². The quantitative estimate of drug-likeness (QED) is 0.800. The molecule has 0 spiro atoms. The number of aliphatic hydroxyl groups is 1. The average Bonchev–Trinajstić information content (AvgIpc) is 2.02. The maximum absolute atomic E-state index is 9.78. The molecule has 0 saturated heterocycles. The normalized spacial score (nSPS) is 11.8. The van der Waals surface area contributed by atoms with Crippen LogP contribution in [0.15, 0.2) is 6.07 Å². The third-order valence-corrected chi connectivity index (χ3v) is 1.96. The minimum atomic E-state index is -0.950. The first kappa shape index (κ1) is 11.1. The molecule has 0 fully saturated rings. The smallest absolute Gasteiger partial charge is 0.159 e. The number of aryl methyl sites for hydroxylation is 2. The Balaban J connectivity index is 3.07. The van der Waals surface area contributed by atoms with Gasteiger partial charge in [0.1, 0.15) is 5.60 Å². The van der Waals surface area contributed by atoms with Crippen LogP contribution in [0.1, 0.15) is 44.4 Å². The fraction of sp³-hybridized carbons (Fsp3) is 0.636. The first-order chi connectivity index (χ1) is 6.43. The monoisotopic (exact) mass is 194 g/mol. The summed E-state index contributed by atoms with van der Waals surface area (Å²) in [6.07, 6.45) is 1.99. The Bertz CT molecular complexity index is 316. The molecule has 0 saturated carbocycles. The van der Waals surface area contributed by atoms with Crippen LogP contribution in [0, 0.1) is 6.92 Å². The first-order valence-corrected chi connectivity index (χ1v) is 5.01. The second-order valence-corrected chi connectivity index (χ2v) is 4.13. The van der Waals surface area contributed by atoms with Crippen LogP contribution in [-0.2, 0) is 12.0 Å². The van der Waals surface area contributed by atoms with E-state index in [0.717, 1.165) is 24.2 Å². The van der Waals surface area contributed by atoms with E-state index in [0.29, 0.717) is 5.82 Å². The Morgan fingerprint density at radius 3 is 2.50 bits per heavy atom. The fourth-order valence-corrected chi connectivity index (χ4v) is 1.29. The molecular formula is C11H18N2O. The zero-order chi connectivity index (χ0) is 10.8. The molecule has 0 amide bonds. The third kappa shape index (κ3) is 2.77. The lowest BCUT2D eigenvalue weighted by Gasteiger charge is -2.16. The number of rotatable bonds is 3. The van der Waals surface area contributed by atoms with Gasteiger partial charge in [0, 0.05) is 11.4 Å². The van der Waals surface area contributed by atoms with Crippen molar-refractivity contribution in [3.05, 3.63) is 23.3 Å². The van der Waals surface area contributed by atoms with Gasteiger partial charge in [-0.1, -0.05) is 13.3 Å². The molecule has 1 N–H and O–H groups in total. The van der Waals surface area contributed by atoms with Crippen molar-refractivity contribution in [3.8, 4) is 0 Å². The first-order valence-electron chi connectivity index (χ1n) is 5.01. The van der Waals surface area contributed by atoms with Crippen molar-refractivity contribution in [1.82, 2.24) is 9.97 Å². The van der Waals surface area contributed by atoms with Crippen molar-refractivity contribution in [2.75, 3.05) is 0 Å². The van der Waals surface area contributed by atoms with E-state index < -0.39 is 5.60 Å². The van der Waals surface area contributed by atoms with Crippen LogP contribution in [-0.4, -0.2) is 15.1 Å². The van der Waals surface area contributed by atoms with Crippen LogP contribution in [0.4, 0.5) is 0 Å². The minimum absolute atomic E-state index is 0.515. The predicted octanol–water partition coefficient (Wildman–Crippen LogP) is 1.96. The van der Waals surface area contributed by atoms with Crippen LogP contribution in [0.3, 0.4) is 0 Å². The highest BCUT2D eigenvalue weighted by molar-refractivity contribution is 5.13. The molecule has 0 aliphatic rings. The largest absolute Gasteiger partial charge is 0.382 e. The lowest BCUT2D eigenvalue weighted by Crippen LogP contribution is -2.21. The van der Waals surface area contributed by atoms with Crippen LogP contribution in [0.5, 0.6) is 0 Å². The Morgan fingerprint density at radius 2 is 2.00 bits per heavy atom. The Morgan fingerprint density at radius 1 is 1.36 bits per heavy atom. The summed E-state index contributed by atoms with van der Waals surface area (Å²) in [6.45, 7) is 7.45. The minimum Gasteiger partial charge on any atom is -0.382 e. The highest BCUT2D eigenvalue weighted by Gasteiger charge is 2.20. The molecule has 0 aromatic carbocycles. The predicted molar refractivity (Wildman–Crippen MR) is 56.0 cm³/mol. The summed E-state index contributed by atoms with van der Waals surface area (Å²) < 4.78 is 0. The van der Waals surface area contributed by atoms with Crippen molar-refractivity contribution < 1.29 is 5.11 Å². The standard InChI is InChI=1S/C11H18N2O/c1-5-6-9-7-8(2)12-10(13-9)11(3,4)14/h7,14H,5-6H2,1-4H3. The summed E-state index contributed by atoms with van der Waals surface area (Å²) >= 11 is 0. The van der Waals surface area contributed by atoms with Crippen molar-refractivity contribution in [3.63, 3.8) is 0 Å². The molecule has 78 valence electrons. The Kier molecular flexibility index (Phi) is 3.21. The molecule has 1 aromatic heterocycles. The van der Waals surface area contributed by atoms with E-state index in [4.69, 9.17) is 0 Å². The van der Waals surface area contributed by atoms with E-state index in [1.54, 1.807) is 13.8 Å². The summed E-state index contributed by atoms with van der Waals surface area (Å²) in [6, 6.07) is 1.97. The molecule has 14 heavy (non-hydrogen) atoms. The maximum atomic E-state index is 9.78. The zero-order valence-corrected chi connectivity index (χ0v) is 9.33. The van der Waals surface area contributed by atoms with Gasteiger partial charge in [0.15, 0.2) is 5.82 Å². The molecule has 0 aliphatic carbocycles. The third-order valence-electron chi connectivity index (χ3n) is 1.96. The summed E-state index contributed by atoms with van der Waals surface area (Å²) in [7, 11) is 0. The van der Waals surface area contributed by atoms with Crippen molar-refractivity contribution in [2.24, 2.45) is 0 Å². The Hall–Kier alpha value is -0.960. The van der Waals surface area contributed by atoms with Crippen LogP contribution in [0.2, 0.25) is 0 Å². The molecule has 0 bridgehead atoms. The van der Waals surface area contributed by atoms with Gasteiger partial charge in [-0.15, -0.1) is 0 Å². The van der Waals surface area contributed by atoms with Gasteiger partial charge in [-0.3, -0.25) is 0 Å². The summed E-state index contributed by atoms with van der Waals surface area (Å²) in [5.74, 6) is 0.515. The molecule has 1 rings (SSSR count). The molecule has 3 nitrogen and oxygen atoms in total. The van der Waals surface area contributed by atoms with Crippen LogP contribution < -0.4 is 0 Å². The molecule has 0 radical (unpaired) electrons. The highest BCUT2D eigenvalue weighted by atomic mass is 16.3. The van der Waals surface area contributed by atoms with E-state index in [1.807, 2.05) is 13.0 Å². The number of nitrogens with zero attached hydrogens (tertiary/aromatic N) is 2. The molecule has 1 aromatic rings. The van der Waals surface area contributed by atoms with Gasteiger partial charge in [0.2, 0.25) is 0 Å². The van der Waals surface area contributed by atoms with Gasteiger partial charge in [0.25, 0.3) is 0 Å². The summed E-state index contributed by atoms with van der Waals surface area (Å²) in [4.78, 5) is 8.56. The van der Waals surface area contributed by atoms with E-state index >= 15 is 0 Å². The van der Waals surface area contributed by atoms with Gasteiger partial charge in [0.05, 0.1) is 0 Å². The molecule has 1 heterocycles. The van der Waals surface area contributed by atoms with Gasteiger partial charge in [-0.2, -0.15) is 0 Å². The highest BCUT2D eigenvalue weighted by Crippen LogP contribution is 2.16. The van der Waals surface area contributed by atoms with E-state index in [1.165, 1.54) is 0 Å². The number of hydrogen-bond acceptors (Lipinski definition) is 3. The fourth-order valence-electron chi connectivity index (χ4n) is 1.29. The summed E-state index contributed by atoms with van der Waals surface area (Å²) in [5, 5.41) is 9.78. The maximum Gasteiger partial charge on any atom is 0.159 e.